The van der Waals surface area contributed by atoms with Gasteiger partial charge in [0.2, 0.25) is 5.91 Å². The first-order valence-electron chi connectivity index (χ1n) is 9.32. The van der Waals surface area contributed by atoms with Crippen molar-refractivity contribution in [3.8, 4) is 0 Å². The van der Waals surface area contributed by atoms with Crippen LogP contribution in [0.3, 0.4) is 0 Å². The zero-order valence-corrected chi connectivity index (χ0v) is 17.3. The number of amides is 1. The van der Waals surface area contributed by atoms with Gasteiger partial charge in [-0.2, -0.15) is 0 Å². The van der Waals surface area contributed by atoms with Gasteiger partial charge < -0.3 is 10.4 Å². The van der Waals surface area contributed by atoms with Gasteiger partial charge in [-0.15, -0.1) is 0 Å². The van der Waals surface area contributed by atoms with Crippen molar-refractivity contribution in [2.24, 2.45) is 5.41 Å². The molecule has 3 N–H and O–H groups in total. The van der Waals surface area contributed by atoms with Crippen LogP contribution in [-0.4, -0.2) is 26.0 Å². The maximum absolute atomic E-state index is 12.6. The number of nitrogens with one attached hydrogen (secondary N) is 2. The molecule has 0 heterocycles. The molecule has 0 unspecified atom stereocenters. The molecular formula is C21H28N2O4S. The van der Waals surface area contributed by atoms with Gasteiger partial charge in [0.1, 0.15) is 0 Å². The summed E-state index contributed by atoms with van der Waals surface area (Å²) in [4.78, 5) is 12.4. The highest BCUT2D eigenvalue weighted by Gasteiger charge is 2.26. The summed E-state index contributed by atoms with van der Waals surface area (Å²) in [6.45, 7) is 5.07. The highest BCUT2D eigenvalue weighted by molar-refractivity contribution is 7.92. The van der Waals surface area contributed by atoms with E-state index < -0.39 is 15.4 Å². The van der Waals surface area contributed by atoms with Crippen molar-refractivity contribution >= 4 is 27.3 Å². The van der Waals surface area contributed by atoms with Crippen LogP contribution in [-0.2, 0) is 21.2 Å². The molecule has 2 aromatic rings. The first-order valence-corrected chi connectivity index (χ1v) is 10.8. The quantitative estimate of drug-likeness (QED) is 0.592. The molecule has 0 aromatic heterocycles. The van der Waals surface area contributed by atoms with Crippen molar-refractivity contribution in [3.63, 3.8) is 0 Å². The lowest BCUT2D eigenvalue weighted by Gasteiger charge is -2.20. The monoisotopic (exact) mass is 404 g/mol. The van der Waals surface area contributed by atoms with Gasteiger partial charge >= 0.3 is 0 Å². The molecule has 0 radical (unpaired) electrons. The Balaban J connectivity index is 2.13. The summed E-state index contributed by atoms with van der Waals surface area (Å²) in [7, 11) is -3.73. The summed E-state index contributed by atoms with van der Waals surface area (Å²) in [5, 5.41) is 12.0. The van der Waals surface area contributed by atoms with E-state index in [9.17, 15) is 18.3 Å². The molecule has 2 aromatic carbocycles. The highest BCUT2D eigenvalue weighted by Crippen LogP contribution is 2.22. The number of unbranched alkanes of at least 4 members (excludes halogenated alkanes) is 1. The molecule has 0 atom stereocenters. The Bertz CT molecular complexity index is 906. The number of hydrogen-bond donors (Lipinski definition) is 3. The predicted molar refractivity (Wildman–Crippen MR) is 112 cm³/mol. The zero-order chi connectivity index (χ0) is 20.8. The van der Waals surface area contributed by atoms with Crippen molar-refractivity contribution in [3.05, 3.63) is 54.1 Å². The summed E-state index contributed by atoms with van der Waals surface area (Å²) in [5.74, 6) is -0.349. The average molecular weight is 405 g/mol. The van der Waals surface area contributed by atoms with Crippen molar-refractivity contribution in [2.75, 3.05) is 16.6 Å². The first-order chi connectivity index (χ1) is 13.2. The number of anilines is 2. The minimum atomic E-state index is -3.73. The van der Waals surface area contributed by atoms with Crippen LogP contribution in [0.2, 0.25) is 0 Å². The smallest absolute Gasteiger partial charge is 0.261 e. The molecule has 1 amide bonds. The summed E-state index contributed by atoms with van der Waals surface area (Å²) < 4.78 is 27.8. The van der Waals surface area contributed by atoms with Crippen LogP contribution >= 0.6 is 0 Å². The molecule has 0 aliphatic heterocycles. The van der Waals surface area contributed by atoms with Gasteiger partial charge in [-0.05, 0) is 62.6 Å². The normalized spacial score (nSPS) is 11.9. The third-order valence-corrected chi connectivity index (χ3v) is 5.83. The van der Waals surface area contributed by atoms with Crippen molar-refractivity contribution in [2.45, 2.75) is 44.9 Å². The number of hydrogen-bond acceptors (Lipinski definition) is 4. The number of aliphatic hydroxyl groups is 1. The van der Waals surface area contributed by atoms with E-state index >= 15 is 0 Å². The molecule has 152 valence electrons. The van der Waals surface area contributed by atoms with Gasteiger partial charge in [-0.25, -0.2) is 8.42 Å². The van der Waals surface area contributed by atoms with Crippen LogP contribution in [0.25, 0.3) is 0 Å². The van der Waals surface area contributed by atoms with E-state index in [0.29, 0.717) is 11.4 Å². The minimum Gasteiger partial charge on any atom is -0.395 e. The van der Waals surface area contributed by atoms with Gasteiger partial charge in [0.25, 0.3) is 10.0 Å². The molecule has 0 aliphatic rings. The van der Waals surface area contributed by atoms with Crippen molar-refractivity contribution in [1.82, 2.24) is 0 Å². The Labute approximate surface area is 167 Å². The molecule has 7 heteroatoms. The second-order valence-corrected chi connectivity index (χ2v) is 9.11. The maximum atomic E-state index is 12.6. The Morgan fingerprint density at radius 2 is 1.71 bits per heavy atom. The molecule has 0 aliphatic carbocycles. The Kier molecular flexibility index (Phi) is 7.21. The Morgan fingerprint density at radius 1 is 1.07 bits per heavy atom. The van der Waals surface area contributed by atoms with E-state index in [2.05, 4.69) is 17.0 Å². The topological polar surface area (TPSA) is 95.5 Å². The lowest BCUT2D eigenvalue weighted by molar-refractivity contribution is -0.125. The molecule has 0 bridgehead atoms. The Morgan fingerprint density at radius 3 is 2.32 bits per heavy atom. The second kappa shape index (κ2) is 9.21. The highest BCUT2D eigenvalue weighted by atomic mass is 32.2. The first kappa shape index (κ1) is 21.9. The zero-order valence-electron chi connectivity index (χ0n) is 16.5. The van der Waals surface area contributed by atoms with E-state index in [4.69, 9.17) is 0 Å². The molecule has 0 saturated carbocycles. The molecule has 0 fully saturated rings. The average Bonchev–Trinajstić information content (AvgIpc) is 2.66. The lowest BCUT2D eigenvalue weighted by Crippen LogP contribution is -2.33. The van der Waals surface area contributed by atoms with E-state index in [-0.39, 0.29) is 17.4 Å². The number of carbonyl (C=O) groups is 1. The van der Waals surface area contributed by atoms with Gasteiger partial charge in [0.15, 0.2) is 0 Å². The standard InChI is InChI=1S/C21H28N2O4S/c1-4-5-7-16-10-12-19(13-11-16)28(26,27)23-18-9-6-8-17(14-18)22-20(25)21(2,3)15-24/h6,8-14,23-24H,4-5,7,15H2,1-3H3,(H,22,25). The number of aryl methyl sites for hydroxylation is 1. The van der Waals surface area contributed by atoms with Crippen molar-refractivity contribution < 1.29 is 18.3 Å². The van der Waals surface area contributed by atoms with Crippen LogP contribution < -0.4 is 10.0 Å². The molecule has 6 nitrogen and oxygen atoms in total. The van der Waals surface area contributed by atoms with Gasteiger partial charge in [0, 0.05) is 5.69 Å². The number of sulfonamides is 1. The van der Waals surface area contributed by atoms with Crippen LogP contribution in [0.1, 0.15) is 39.2 Å². The van der Waals surface area contributed by atoms with Crippen LogP contribution in [0, 0.1) is 5.41 Å². The van der Waals surface area contributed by atoms with Gasteiger partial charge in [-0.3, -0.25) is 9.52 Å². The number of aliphatic hydroxyl groups excluding tert-OH is 1. The molecular weight excluding hydrogens is 376 g/mol. The Hall–Kier alpha value is -2.38. The molecule has 0 saturated heterocycles. The molecule has 0 spiro atoms. The molecule has 2 rings (SSSR count). The maximum Gasteiger partial charge on any atom is 0.261 e. The summed E-state index contributed by atoms with van der Waals surface area (Å²) >= 11 is 0. The SMILES string of the molecule is CCCCc1ccc(S(=O)(=O)Nc2cccc(NC(=O)C(C)(C)CO)c2)cc1. The van der Waals surface area contributed by atoms with Crippen LogP contribution in [0.5, 0.6) is 0 Å². The fourth-order valence-electron chi connectivity index (χ4n) is 2.46. The van der Waals surface area contributed by atoms with Gasteiger partial charge in [-0.1, -0.05) is 31.5 Å². The van der Waals surface area contributed by atoms with E-state index in [0.717, 1.165) is 24.8 Å². The van der Waals surface area contributed by atoms with Crippen LogP contribution in [0.4, 0.5) is 11.4 Å². The minimum absolute atomic E-state index is 0.184. The lowest BCUT2D eigenvalue weighted by atomic mass is 9.93. The largest absolute Gasteiger partial charge is 0.395 e. The fourth-order valence-corrected chi connectivity index (χ4v) is 3.51. The summed E-state index contributed by atoms with van der Waals surface area (Å²) in [5.41, 5.74) is 0.961. The molecule has 28 heavy (non-hydrogen) atoms. The fraction of sp³-hybridized carbons (Fsp3) is 0.381. The predicted octanol–water partition coefficient (Wildman–Crippen LogP) is 3.79. The van der Waals surface area contributed by atoms with Crippen LogP contribution in [0.15, 0.2) is 53.4 Å². The summed E-state index contributed by atoms with van der Waals surface area (Å²) in [6, 6.07) is 13.3. The summed E-state index contributed by atoms with van der Waals surface area (Å²) in [6.07, 6.45) is 3.08. The van der Waals surface area contributed by atoms with Gasteiger partial charge in [0.05, 0.1) is 22.6 Å². The number of benzene rings is 2. The third-order valence-electron chi connectivity index (χ3n) is 4.44. The second-order valence-electron chi connectivity index (χ2n) is 7.43. The third kappa shape index (κ3) is 5.81. The number of carbonyl (C=O) groups excluding carboxylic acids is 1. The van der Waals surface area contributed by atoms with E-state index in [1.807, 2.05) is 12.1 Å². The number of rotatable bonds is 9. The van der Waals surface area contributed by atoms with Crippen molar-refractivity contribution in [1.29, 1.82) is 0 Å². The van der Waals surface area contributed by atoms with E-state index in [1.165, 1.54) is 0 Å². The van der Waals surface area contributed by atoms with E-state index in [1.54, 1.807) is 50.2 Å².